The van der Waals surface area contributed by atoms with Crippen molar-refractivity contribution >= 4 is 0 Å². The van der Waals surface area contributed by atoms with Crippen molar-refractivity contribution in [1.29, 1.82) is 0 Å². The highest BCUT2D eigenvalue weighted by molar-refractivity contribution is 5.08. The molecule has 0 bridgehead atoms. The molecule has 2 saturated carbocycles. The Morgan fingerprint density at radius 3 is 2.62 bits per heavy atom. The second-order valence-electron chi connectivity index (χ2n) is 5.38. The van der Waals surface area contributed by atoms with Crippen LogP contribution in [0.3, 0.4) is 0 Å². The summed E-state index contributed by atoms with van der Waals surface area (Å²) in [6.45, 7) is 0. The minimum absolute atomic E-state index is 0.280. The van der Waals surface area contributed by atoms with Crippen LogP contribution < -0.4 is 5.73 Å². The second kappa shape index (κ2) is 3.84. The van der Waals surface area contributed by atoms with Crippen LogP contribution >= 0.6 is 0 Å². The van der Waals surface area contributed by atoms with E-state index in [1.807, 2.05) is 0 Å². The Morgan fingerprint density at radius 1 is 1.25 bits per heavy atom. The zero-order chi connectivity index (χ0) is 11.0. The predicted molar refractivity (Wildman–Crippen MR) is 59.7 cm³/mol. The van der Waals surface area contributed by atoms with E-state index >= 15 is 0 Å². The summed E-state index contributed by atoms with van der Waals surface area (Å²) in [5, 5.41) is 4.04. The Kier molecular flexibility index (Phi) is 2.46. The summed E-state index contributed by atoms with van der Waals surface area (Å²) in [5.74, 6) is 2.27. The summed E-state index contributed by atoms with van der Waals surface area (Å²) in [7, 11) is 0. The monoisotopic (exact) mass is 221 g/mol. The molecule has 16 heavy (non-hydrogen) atoms. The normalized spacial score (nSPS) is 24.6. The van der Waals surface area contributed by atoms with Crippen LogP contribution in [0.2, 0.25) is 0 Å². The van der Waals surface area contributed by atoms with Crippen LogP contribution in [0.25, 0.3) is 0 Å². The lowest BCUT2D eigenvalue weighted by atomic mass is 9.77. The van der Waals surface area contributed by atoms with E-state index in [1.54, 1.807) is 0 Å². The first-order chi connectivity index (χ1) is 7.76. The molecule has 0 atom stereocenters. The topological polar surface area (TPSA) is 64.9 Å². The Hall–Kier alpha value is -0.900. The van der Waals surface area contributed by atoms with Gasteiger partial charge in [-0.15, -0.1) is 0 Å². The first-order valence-electron chi connectivity index (χ1n) is 6.38. The molecule has 0 aliphatic heterocycles. The smallest absolute Gasteiger partial charge is 0.226 e. The van der Waals surface area contributed by atoms with E-state index in [2.05, 4.69) is 10.1 Å². The fourth-order valence-electron chi connectivity index (χ4n) is 2.78. The minimum Gasteiger partial charge on any atom is -0.339 e. The molecular formula is C12H19N3O. The lowest BCUT2D eigenvalue weighted by Crippen LogP contribution is -2.44. The Balaban J connectivity index is 1.67. The van der Waals surface area contributed by atoms with Gasteiger partial charge in [-0.1, -0.05) is 18.0 Å². The van der Waals surface area contributed by atoms with Gasteiger partial charge in [0.2, 0.25) is 5.89 Å². The molecule has 0 radical (unpaired) electrons. The van der Waals surface area contributed by atoms with E-state index in [0.717, 1.165) is 36.9 Å². The molecule has 3 rings (SSSR count). The molecule has 4 heteroatoms. The van der Waals surface area contributed by atoms with Gasteiger partial charge in [-0.05, 0) is 38.0 Å². The third-order valence-corrected chi connectivity index (χ3v) is 4.10. The van der Waals surface area contributed by atoms with Crippen LogP contribution in [0.5, 0.6) is 0 Å². The van der Waals surface area contributed by atoms with Crippen molar-refractivity contribution in [3.8, 4) is 0 Å². The van der Waals surface area contributed by atoms with Gasteiger partial charge in [0, 0.05) is 6.42 Å². The van der Waals surface area contributed by atoms with Gasteiger partial charge in [0.15, 0.2) is 5.82 Å². The highest BCUT2D eigenvalue weighted by Gasteiger charge is 2.39. The molecule has 1 aromatic heterocycles. The lowest BCUT2D eigenvalue weighted by Gasteiger charge is -2.34. The van der Waals surface area contributed by atoms with Crippen LogP contribution in [0.1, 0.15) is 56.7 Å². The zero-order valence-corrected chi connectivity index (χ0v) is 9.61. The van der Waals surface area contributed by atoms with E-state index in [9.17, 15) is 0 Å². The summed E-state index contributed by atoms with van der Waals surface area (Å²) in [6, 6.07) is 0. The van der Waals surface area contributed by atoms with Gasteiger partial charge in [0.1, 0.15) is 0 Å². The zero-order valence-electron chi connectivity index (χ0n) is 9.61. The fraction of sp³-hybridized carbons (Fsp3) is 0.833. The molecular weight excluding hydrogens is 202 g/mol. The van der Waals surface area contributed by atoms with Gasteiger partial charge < -0.3 is 10.3 Å². The molecule has 0 saturated heterocycles. The molecule has 1 heterocycles. The summed E-state index contributed by atoms with van der Waals surface area (Å²) >= 11 is 0. The summed E-state index contributed by atoms with van der Waals surface area (Å²) in [5.41, 5.74) is 5.88. The number of hydrogen-bond acceptors (Lipinski definition) is 4. The Bertz CT molecular complexity index is 364. The number of nitrogens with zero attached hydrogens (tertiary/aromatic N) is 2. The van der Waals surface area contributed by atoms with Crippen LogP contribution in [0.15, 0.2) is 4.52 Å². The second-order valence-corrected chi connectivity index (χ2v) is 5.38. The fourth-order valence-corrected chi connectivity index (χ4v) is 2.78. The van der Waals surface area contributed by atoms with Crippen molar-refractivity contribution in [3.63, 3.8) is 0 Å². The van der Waals surface area contributed by atoms with Gasteiger partial charge in [0.25, 0.3) is 0 Å². The number of nitrogens with two attached hydrogens (primary N) is 1. The molecule has 2 aliphatic carbocycles. The molecule has 0 aromatic carbocycles. The Labute approximate surface area is 95.6 Å². The largest absolute Gasteiger partial charge is 0.339 e. The van der Waals surface area contributed by atoms with Gasteiger partial charge >= 0.3 is 0 Å². The highest BCUT2D eigenvalue weighted by atomic mass is 16.5. The molecule has 2 N–H and O–H groups in total. The molecule has 0 amide bonds. The maximum atomic E-state index is 6.16. The van der Waals surface area contributed by atoms with E-state index in [0.29, 0.717) is 0 Å². The standard InChI is InChI=1S/C12H19N3O/c13-12(6-3-7-12)11-14-10(16-15-11)8-9-4-1-2-5-9/h9H,1-8,13H2. The van der Waals surface area contributed by atoms with Crippen LogP contribution in [0.4, 0.5) is 0 Å². The average Bonchev–Trinajstić information content (AvgIpc) is 2.86. The molecule has 4 nitrogen and oxygen atoms in total. The third kappa shape index (κ3) is 1.75. The van der Waals surface area contributed by atoms with Gasteiger partial charge in [-0.3, -0.25) is 0 Å². The van der Waals surface area contributed by atoms with Crippen molar-refractivity contribution in [2.75, 3.05) is 0 Å². The quantitative estimate of drug-likeness (QED) is 0.849. The molecule has 2 aliphatic rings. The van der Waals surface area contributed by atoms with Crippen molar-refractivity contribution in [2.45, 2.75) is 56.9 Å². The van der Waals surface area contributed by atoms with Gasteiger partial charge in [-0.2, -0.15) is 4.98 Å². The minimum atomic E-state index is -0.280. The number of aromatic nitrogens is 2. The lowest BCUT2D eigenvalue weighted by molar-refractivity contribution is 0.228. The molecule has 88 valence electrons. The maximum Gasteiger partial charge on any atom is 0.226 e. The first kappa shape index (κ1) is 10.3. The van der Waals surface area contributed by atoms with Crippen molar-refractivity contribution in [1.82, 2.24) is 10.1 Å². The van der Waals surface area contributed by atoms with Crippen molar-refractivity contribution < 1.29 is 4.52 Å². The van der Waals surface area contributed by atoms with E-state index in [-0.39, 0.29) is 5.54 Å². The highest BCUT2D eigenvalue weighted by Crippen LogP contribution is 2.37. The van der Waals surface area contributed by atoms with E-state index < -0.39 is 0 Å². The van der Waals surface area contributed by atoms with E-state index in [4.69, 9.17) is 10.3 Å². The van der Waals surface area contributed by atoms with E-state index in [1.165, 1.54) is 32.1 Å². The van der Waals surface area contributed by atoms with Gasteiger partial charge in [0.05, 0.1) is 5.54 Å². The van der Waals surface area contributed by atoms with Crippen molar-refractivity contribution in [2.24, 2.45) is 11.7 Å². The average molecular weight is 221 g/mol. The van der Waals surface area contributed by atoms with Crippen molar-refractivity contribution in [3.05, 3.63) is 11.7 Å². The van der Waals surface area contributed by atoms with Gasteiger partial charge in [-0.25, -0.2) is 0 Å². The number of hydrogen-bond donors (Lipinski definition) is 1. The summed E-state index contributed by atoms with van der Waals surface area (Å²) in [6.07, 6.45) is 9.45. The first-order valence-corrected chi connectivity index (χ1v) is 6.38. The molecule has 0 unspecified atom stereocenters. The summed E-state index contributed by atoms with van der Waals surface area (Å²) in [4.78, 5) is 4.46. The summed E-state index contributed by atoms with van der Waals surface area (Å²) < 4.78 is 5.31. The predicted octanol–water partition coefficient (Wildman–Crippen LogP) is 2.14. The molecule has 1 aromatic rings. The number of rotatable bonds is 3. The molecule has 0 spiro atoms. The SMILES string of the molecule is NC1(c2noc(CC3CCCC3)n2)CCC1. The van der Waals surface area contributed by atoms with Crippen LogP contribution in [-0.4, -0.2) is 10.1 Å². The third-order valence-electron chi connectivity index (χ3n) is 4.10. The van der Waals surface area contributed by atoms with Crippen LogP contribution in [0, 0.1) is 5.92 Å². The maximum absolute atomic E-state index is 6.16. The van der Waals surface area contributed by atoms with Crippen LogP contribution in [-0.2, 0) is 12.0 Å². The molecule has 2 fully saturated rings. The Morgan fingerprint density at radius 2 is 2.00 bits per heavy atom.